The first-order chi connectivity index (χ1) is 9.08. The van der Waals surface area contributed by atoms with Gasteiger partial charge >= 0.3 is 6.03 Å². The van der Waals surface area contributed by atoms with Gasteiger partial charge in [-0.3, -0.25) is 5.41 Å². The number of rotatable bonds is 6. The summed E-state index contributed by atoms with van der Waals surface area (Å²) in [7, 11) is 1.55. The number of hydrogen-bond donors (Lipinski definition) is 3. The molecule has 0 saturated heterocycles. The molecule has 0 atom stereocenters. The van der Waals surface area contributed by atoms with Crippen LogP contribution in [0.1, 0.15) is 13.3 Å². The maximum absolute atomic E-state index is 12.1. The molecule has 0 bridgehead atoms. The Hall–Kier alpha value is -2.24. The molecule has 0 unspecified atom stereocenters. The third-order valence-corrected chi connectivity index (χ3v) is 2.67. The third-order valence-electron chi connectivity index (χ3n) is 2.67. The van der Waals surface area contributed by atoms with E-state index in [9.17, 15) is 4.79 Å². The van der Waals surface area contributed by atoms with E-state index < -0.39 is 0 Å². The van der Waals surface area contributed by atoms with Gasteiger partial charge in [0, 0.05) is 19.5 Å². The van der Waals surface area contributed by atoms with Gasteiger partial charge in [-0.2, -0.15) is 0 Å². The fourth-order valence-electron chi connectivity index (χ4n) is 1.60. The quantitative estimate of drug-likeness (QED) is 0.541. The number of urea groups is 1. The average molecular weight is 264 g/mol. The highest BCUT2D eigenvalue weighted by molar-refractivity contribution is 5.91. The highest BCUT2D eigenvalue weighted by Crippen LogP contribution is 2.23. The van der Waals surface area contributed by atoms with Crippen LogP contribution in [0.25, 0.3) is 0 Å². The molecular weight excluding hydrogens is 244 g/mol. The number of benzene rings is 1. The summed E-state index contributed by atoms with van der Waals surface area (Å²) in [6, 6.07) is 6.98. The lowest BCUT2D eigenvalue weighted by molar-refractivity contribution is 0.216. The number of anilines is 1. The van der Waals surface area contributed by atoms with Crippen LogP contribution in [-0.2, 0) is 0 Å². The predicted octanol–water partition coefficient (Wildman–Crippen LogP) is 1.88. The number of nitrogens with two attached hydrogens (primary N) is 1. The SMILES string of the molecule is CCN(CCC(=N)N)C(=O)Nc1ccccc1OC. The summed E-state index contributed by atoms with van der Waals surface area (Å²) in [5.74, 6) is 0.682. The molecule has 1 aromatic rings. The van der Waals surface area contributed by atoms with Crippen molar-refractivity contribution in [2.45, 2.75) is 13.3 Å². The molecule has 1 rings (SSSR count). The first-order valence-electron chi connectivity index (χ1n) is 6.10. The highest BCUT2D eigenvalue weighted by Gasteiger charge is 2.13. The standard InChI is InChI=1S/C13H20N4O2/c1-3-17(9-8-12(14)15)13(18)16-10-6-4-5-7-11(10)19-2/h4-7H,3,8-9H2,1-2H3,(H3,14,15)(H,16,18). The predicted molar refractivity (Wildman–Crippen MR) is 75.8 cm³/mol. The number of nitrogens with one attached hydrogen (secondary N) is 2. The molecule has 1 aromatic carbocycles. The first-order valence-corrected chi connectivity index (χ1v) is 6.10. The summed E-state index contributed by atoms with van der Waals surface area (Å²) in [6.45, 7) is 2.85. The van der Waals surface area contributed by atoms with E-state index in [1.165, 1.54) is 0 Å². The summed E-state index contributed by atoms with van der Waals surface area (Å²) in [4.78, 5) is 13.7. The minimum atomic E-state index is -0.228. The fraction of sp³-hybridized carbons (Fsp3) is 0.385. The van der Waals surface area contributed by atoms with E-state index in [2.05, 4.69) is 5.32 Å². The lowest BCUT2D eigenvalue weighted by atomic mass is 10.3. The van der Waals surface area contributed by atoms with Crippen molar-refractivity contribution in [3.05, 3.63) is 24.3 Å². The number of para-hydroxylation sites is 2. The molecule has 0 aliphatic rings. The molecule has 2 amide bonds. The second-order valence-corrected chi connectivity index (χ2v) is 3.99. The summed E-state index contributed by atoms with van der Waals surface area (Å²) in [6.07, 6.45) is 0.368. The summed E-state index contributed by atoms with van der Waals surface area (Å²) in [5.41, 5.74) is 5.92. The Labute approximate surface area is 113 Å². The molecule has 4 N–H and O–H groups in total. The number of methoxy groups -OCH3 is 1. The molecule has 0 aliphatic carbocycles. The minimum Gasteiger partial charge on any atom is -0.495 e. The topological polar surface area (TPSA) is 91.4 Å². The van der Waals surface area contributed by atoms with Gasteiger partial charge in [0.25, 0.3) is 0 Å². The molecule has 19 heavy (non-hydrogen) atoms. The Morgan fingerprint density at radius 2 is 2.16 bits per heavy atom. The van der Waals surface area contributed by atoms with Crippen LogP contribution in [-0.4, -0.2) is 37.0 Å². The van der Waals surface area contributed by atoms with Crippen molar-refractivity contribution in [2.24, 2.45) is 5.73 Å². The van der Waals surface area contributed by atoms with E-state index >= 15 is 0 Å². The van der Waals surface area contributed by atoms with Crippen molar-refractivity contribution < 1.29 is 9.53 Å². The van der Waals surface area contributed by atoms with E-state index in [4.69, 9.17) is 15.9 Å². The lowest BCUT2D eigenvalue weighted by Gasteiger charge is -2.21. The van der Waals surface area contributed by atoms with Gasteiger partial charge in [-0.15, -0.1) is 0 Å². The van der Waals surface area contributed by atoms with Gasteiger partial charge in [0.05, 0.1) is 18.6 Å². The van der Waals surface area contributed by atoms with Gasteiger partial charge in [0.1, 0.15) is 5.75 Å². The van der Waals surface area contributed by atoms with Crippen molar-refractivity contribution in [2.75, 3.05) is 25.5 Å². The number of carbonyl (C=O) groups excluding carboxylic acids is 1. The number of amides is 2. The molecular formula is C13H20N4O2. The zero-order valence-corrected chi connectivity index (χ0v) is 11.3. The van der Waals surface area contributed by atoms with Crippen molar-refractivity contribution in [3.63, 3.8) is 0 Å². The molecule has 0 saturated carbocycles. The first kappa shape index (κ1) is 14.8. The van der Waals surface area contributed by atoms with E-state index in [-0.39, 0.29) is 11.9 Å². The number of carbonyl (C=O) groups is 1. The van der Waals surface area contributed by atoms with Crippen LogP contribution in [0.15, 0.2) is 24.3 Å². The van der Waals surface area contributed by atoms with Gasteiger partial charge in [-0.1, -0.05) is 12.1 Å². The molecule has 0 aliphatic heterocycles. The van der Waals surface area contributed by atoms with Crippen LogP contribution in [0, 0.1) is 5.41 Å². The van der Waals surface area contributed by atoms with Crippen molar-refractivity contribution in [3.8, 4) is 5.75 Å². The number of ether oxygens (including phenoxy) is 1. The van der Waals surface area contributed by atoms with Gasteiger partial charge in [0.2, 0.25) is 0 Å². The maximum atomic E-state index is 12.1. The van der Waals surface area contributed by atoms with Crippen molar-refractivity contribution in [1.29, 1.82) is 5.41 Å². The van der Waals surface area contributed by atoms with Crippen LogP contribution in [0.3, 0.4) is 0 Å². The van der Waals surface area contributed by atoms with Crippen molar-refractivity contribution in [1.82, 2.24) is 4.90 Å². The third kappa shape index (κ3) is 4.50. The van der Waals surface area contributed by atoms with E-state index in [0.29, 0.717) is 30.9 Å². The molecule has 6 nitrogen and oxygen atoms in total. The summed E-state index contributed by atoms with van der Waals surface area (Å²) < 4.78 is 5.17. The van der Waals surface area contributed by atoms with Crippen LogP contribution >= 0.6 is 0 Å². The van der Waals surface area contributed by atoms with Gasteiger partial charge in [0.15, 0.2) is 0 Å². The van der Waals surface area contributed by atoms with Crippen LogP contribution in [0.4, 0.5) is 10.5 Å². The number of hydrogen-bond acceptors (Lipinski definition) is 3. The zero-order chi connectivity index (χ0) is 14.3. The normalized spacial score (nSPS) is 9.79. The molecule has 0 radical (unpaired) electrons. The maximum Gasteiger partial charge on any atom is 0.321 e. The molecule has 104 valence electrons. The van der Waals surface area contributed by atoms with Gasteiger partial charge in [-0.05, 0) is 19.1 Å². The Balaban J connectivity index is 2.68. The molecule has 6 heteroatoms. The van der Waals surface area contributed by atoms with E-state index in [0.717, 1.165) is 0 Å². The highest BCUT2D eigenvalue weighted by atomic mass is 16.5. The molecule has 0 spiro atoms. The van der Waals surface area contributed by atoms with E-state index in [1.54, 1.807) is 24.1 Å². The fourth-order valence-corrected chi connectivity index (χ4v) is 1.60. The number of nitrogens with zero attached hydrogens (tertiary/aromatic N) is 1. The van der Waals surface area contributed by atoms with E-state index in [1.807, 2.05) is 19.1 Å². The minimum absolute atomic E-state index is 0.0727. The number of amidine groups is 1. The smallest absolute Gasteiger partial charge is 0.321 e. The Morgan fingerprint density at radius 3 is 2.74 bits per heavy atom. The summed E-state index contributed by atoms with van der Waals surface area (Å²) >= 11 is 0. The second kappa shape index (κ2) is 7.25. The Bertz CT molecular complexity index is 448. The molecule has 0 fully saturated rings. The monoisotopic (exact) mass is 264 g/mol. The summed E-state index contributed by atoms with van der Waals surface area (Å²) in [5, 5.41) is 9.98. The lowest BCUT2D eigenvalue weighted by Crippen LogP contribution is -2.37. The van der Waals surface area contributed by atoms with Crippen LogP contribution < -0.4 is 15.8 Å². The molecule has 0 aromatic heterocycles. The zero-order valence-electron chi connectivity index (χ0n) is 11.3. The van der Waals surface area contributed by atoms with Gasteiger partial charge < -0.3 is 20.7 Å². The Kier molecular flexibility index (Phi) is 5.66. The average Bonchev–Trinajstić information content (AvgIpc) is 2.39. The molecule has 0 heterocycles. The van der Waals surface area contributed by atoms with Crippen molar-refractivity contribution >= 4 is 17.6 Å². The van der Waals surface area contributed by atoms with Crippen LogP contribution in [0.5, 0.6) is 5.75 Å². The largest absolute Gasteiger partial charge is 0.495 e. The van der Waals surface area contributed by atoms with Crippen LogP contribution in [0.2, 0.25) is 0 Å². The second-order valence-electron chi connectivity index (χ2n) is 3.99. The van der Waals surface area contributed by atoms with Gasteiger partial charge in [-0.25, -0.2) is 4.79 Å². The Morgan fingerprint density at radius 1 is 1.47 bits per heavy atom.